The van der Waals surface area contributed by atoms with Crippen LogP contribution in [0.1, 0.15) is 12.5 Å². The first kappa shape index (κ1) is 16.9. The second kappa shape index (κ2) is 7.73. The Bertz CT molecular complexity index is 848. The van der Waals surface area contributed by atoms with E-state index in [1.165, 1.54) is 22.5 Å². The molecule has 3 rings (SSSR count). The van der Waals surface area contributed by atoms with Crippen LogP contribution in [0.25, 0.3) is 10.8 Å². The number of hydrogen-bond donors (Lipinski definition) is 1. The Kier molecular flexibility index (Phi) is 5.44. The molecule has 4 heteroatoms. The van der Waals surface area contributed by atoms with Crippen LogP contribution in [0.3, 0.4) is 0 Å². The second-order valence-electron chi connectivity index (χ2n) is 5.61. The highest BCUT2D eigenvalue weighted by Gasteiger charge is 2.14. The van der Waals surface area contributed by atoms with Gasteiger partial charge in [0.05, 0.1) is 5.25 Å². The lowest BCUT2D eigenvalue weighted by Gasteiger charge is -2.12. The highest BCUT2D eigenvalue weighted by Crippen LogP contribution is 2.25. The van der Waals surface area contributed by atoms with Gasteiger partial charge in [0.1, 0.15) is 0 Å². The molecule has 0 saturated heterocycles. The lowest BCUT2D eigenvalue weighted by atomic mass is 10.1. The number of nitrogens with one attached hydrogen (secondary N) is 1. The number of rotatable bonds is 5. The zero-order chi connectivity index (χ0) is 16.9. The molecule has 1 amide bonds. The molecule has 0 radical (unpaired) electrons. The van der Waals surface area contributed by atoms with E-state index in [1.807, 2.05) is 43.3 Å². The molecule has 0 aromatic heterocycles. The van der Waals surface area contributed by atoms with Gasteiger partial charge < -0.3 is 5.32 Å². The minimum atomic E-state index is -0.161. The van der Waals surface area contributed by atoms with Crippen molar-refractivity contribution in [2.75, 3.05) is 0 Å². The summed E-state index contributed by atoms with van der Waals surface area (Å²) in [6.07, 6.45) is 0. The number of carbonyl (C=O) groups excluding carboxylic acids is 1. The summed E-state index contributed by atoms with van der Waals surface area (Å²) in [7, 11) is 0. The molecule has 0 bridgehead atoms. The summed E-state index contributed by atoms with van der Waals surface area (Å²) in [4.78, 5) is 13.3. The fraction of sp³-hybridized carbons (Fsp3) is 0.150. The van der Waals surface area contributed by atoms with Crippen molar-refractivity contribution in [2.24, 2.45) is 0 Å². The van der Waals surface area contributed by atoms with E-state index in [4.69, 9.17) is 11.6 Å². The van der Waals surface area contributed by atoms with Gasteiger partial charge in [-0.25, -0.2) is 0 Å². The van der Waals surface area contributed by atoms with Crippen LogP contribution in [-0.4, -0.2) is 11.2 Å². The Morgan fingerprint density at radius 3 is 2.50 bits per heavy atom. The van der Waals surface area contributed by atoms with Crippen molar-refractivity contribution in [1.29, 1.82) is 0 Å². The summed E-state index contributed by atoms with van der Waals surface area (Å²) in [5.41, 5.74) is 1.10. The molecule has 0 aliphatic heterocycles. The SMILES string of the molecule is CC(Sc1ccc(Cl)cc1)C(=O)NCc1ccc2ccccc2c1. The summed E-state index contributed by atoms with van der Waals surface area (Å²) < 4.78 is 0. The lowest BCUT2D eigenvalue weighted by molar-refractivity contribution is -0.120. The molecule has 0 aliphatic rings. The van der Waals surface area contributed by atoms with E-state index in [0.717, 1.165) is 10.5 Å². The fourth-order valence-electron chi connectivity index (χ4n) is 2.45. The molecular weight excluding hydrogens is 338 g/mol. The minimum Gasteiger partial charge on any atom is -0.351 e. The maximum Gasteiger partial charge on any atom is 0.233 e. The van der Waals surface area contributed by atoms with Gasteiger partial charge in [-0.3, -0.25) is 4.79 Å². The molecule has 0 fully saturated rings. The van der Waals surface area contributed by atoms with Gasteiger partial charge in [-0.2, -0.15) is 0 Å². The number of halogens is 1. The predicted octanol–water partition coefficient (Wildman–Crippen LogP) is 5.29. The van der Waals surface area contributed by atoms with Crippen LogP contribution in [0.15, 0.2) is 71.6 Å². The minimum absolute atomic E-state index is 0.0307. The van der Waals surface area contributed by atoms with E-state index in [1.54, 1.807) is 0 Å². The standard InChI is InChI=1S/C20H18ClNOS/c1-14(24-19-10-8-18(21)9-11-19)20(23)22-13-15-6-7-16-4-2-3-5-17(16)12-15/h2-12,14H,13H2,1H3,(H,22,23). The van der Waals surface area contributed by atoms with E-state index >= 15 is 0 Å². The Labute approximate surface area is 151 Å². The molecule has 0 spiro atoms. The predicted molar refractivity (Wildman–Crippen MR) is 103 cm³/mol. The normalized spacial score (nSPS) is 12.1. The highest BCUT2D eigenvalue weighted by molar-refractivity contribution is 8.00. The van der Waals surface area contributed by atoms with Gasteiger partial charge >= 0.3 is 0 Å². The summed E-state index contributed by atoms with van der Waals surface area (Å²) >= 11 is 7.41. The number of amides is 1. The van der Waals surface area contributed by atoms with Crippen LogP contribution in [0, 0.1) is 0 Å². The quantitative estimate of drug-likeness (QED) is 0.630. The monoisotopic (exact) mass is 355 g/mol. The summed E-state index contributed by atoms with van der Waals surface area (Å²) in [5.74, 6) is 0.0307. The van der Waals surface area contributed by atoms with Crippen LogP contribution in [-0.2, 0) is 11.3 Å². The molecule has 3 aromatic carbocycles. The fourth-order valence-corrected chi connectivity index (χ4v) is 3.47. The van der Waals surface area contributed by atoms with Crippen LogP contribution < -0.4 is 5.32 Å². The third kappa shape index (κ3) is 4.31. The van der Waals surface area contributed by atoms with Crippen molar-refractivity contribution >= 4 is 40.0 Å². The van der Waals surface area contributed by atoms with Gasteiger partial charge in [-0.05, 0) is 53.6 Å². The van der Waals surface area contributed by atoms with E-state index in [0.29, 0.717) is 11.6 Å². The van der Waals surface area contributed by atoms with E-state index in [9.17, 15) is 4.79 Å². The van der Waals surface area contributed by atoms with E-state index in [2.05, 4.69) is 35.6 Å². The Morgan fingerprint density at radius 2 is 1.75 bits per heavy atom. The number of carbonyl (C=O) groups is 1. The van der Waals surface area contributed by atoms with E-state index < -0.39 is 0 Å². The third-order valence-electron chi connectivity index (χ3n) is 3.78. The molecule has 1 atom stereocenters. The zero-order valence-electron chi connectivity index (χ0n) is 13.3. The molecule has 0 saturated carbocycles. The first-order valence-electron chi connectivity index (χ1n) is 7.79. The summed E-state index contributed by atoms with van der Waals surface area (Å²) in [6.45, 7) is 2.45. The zero-order valence-corrected chi connectivity index (χ0v) is 14.9. The van der Waals surface area contributed by atoms with Crippen molar-refractivity contribution < 1.29 is 4.79 Å². The van der Waals surface area contributed by atoms with Gasteiger partial charge in [-0.1, -0.05) is 48.0 Å². The Balaban J connectivity index is 1.58. The molecule has 0 heterocycles. The van der Waals surface area contributed by atoms with Crippen LogP contribution >= 0.6 is 23.4 Å². The van der Waals surface area contributed by atoms with Crippen molar-refractivity contribution in [3.05, 3.63) is 77.3 Å². The number of hydrogen-bond acceptors (Lipinski definition) is 2. The first-order chi connectivity index (χ1) is 11.6. The Morgan fingerprint density at radius 1 is 1.04 bits per heavy atom. The van der Waals surface area contributed by atoms with Crippen molar-refractivity contribution in [2.45, 2.75) is 23.6 Å². The van der Waals surface area contributed by atoms with Crippen LogP contribution in [0.4, 0.5) is 0 Å². The molecule has 122 valence electrons. The van der Waals surface area contributed by atoms with Gasteiger partial charge in [0.2, 0.25) is 5.91 Å². The van der Waals surface area contributed by atoms with E-state index in [-0.39, 0.29) is 11.2 Å². The highest BCUT2D eigenvalue weighted by atomic mass is 35.5. The van der Waals surface area contributed by atoms with Crippen LogP contribution in [0.5, 0.6) is 0 Å². The third-order valence-corrected chi connectivity index (χ3v) is 5.14. The molecule has 1 unspecified atom stereocenters. The van der Waals surface area contributed by atoms with Gasteiger partial charge in [-0.15, -0.1) is 11.8 Å². The first-order valence-corrected chi connectivity index (χ1v) is 9.05. The van der Waals surface area contributed by atoms with Crippen molar-refractivity contribution in [3.8, 4) is 0 Å². The second-order valence-corrected chi connectivity index (χ2v) is 7.46. The average Bonchev–Trinajstić information content (AvgIpc) is 2.61. The molecule has 2 nitrogen and oxygen atoms in total. The van der Waals surface area contributed by atoms with Crippen molar-refractivity contribution in [1.82, 2.24) is 5.32 Å². The molecule has 3 aromatic rings. The smallest absolute Gasteiger partial charge is 0.233 e. The van der Waals surface area contributed by atoms with Gasteiger partial charge in [0.15, 0.2) is 0 Å². The molecule has 1 N–H and O–H groups in total. The topological polar surface area (TPSA) is 29.1 Å². The lowest BCUT2D eigenvalue weighted by Crippen LogP contribution is -2.30. The molecular formula is C20H18ClNOS. The van der Waals surface area contributed by atoms with Crippen LogP contribution in [0.2, 0.25) is 5.02 Å². The number of benzene rings is 3. The average molecular weight is 356 g/mol. The molecule has 24 heavy (non-hydrogen) atoms. The maximum absolute atomic E-state index is 12.3. The number of thioether (sulfide) groups is 1. The van der Waals surface area contributed by atoms with Gasteiger partial charge in [0.25, 0.3) is 0 Å². The number of fused-ring (bicyclic) bond motifs is 1. The summed E-state index contributed by atoms with van der Waals surface area (Å²) in [6, 6.07) is 22.0. The van der Waals surface area contributed by atoms with Crippen molar-refractivity contribution in [3.63, 3.8) is 0 Å². The van der Waals surface area contributed by atoms with Gasteiger partial charge in [0, 0.05) is 16.5 Å². The summed E-state index contributed by atoms with van der Waals surface area (Å²) in [5, 5.41) is 5.95. The molecule has 0 aliphatic carbocycles. The largest absolute Gasteiger partial charge is 0.351 e. The maximum atomic E-state index is 12.3. The Hall–Kier alpha value is -1.97.